The van der Waals surface area contributed by atoms with Gasteiger partial charge in [0.1, 0.15) is 5.75 Å². The van der Waals surface area contributed by atoms with Crippen LogP contribution in [0.3, 0.4) is 0 Å². The van der Waals surface area contributed by atoms with E-state index in [4.69, 9.17) is 4.74 Å². The number of rotatable bonds is 5. The van der Waals surface area contributed by atoms with Crippen molar-refractivity contribution in [3.8, 4) is 5.75 Å². The van der Waals surface area contributed by atoms with Gasteiger partial charge in [-0.3, -0.25) is 4.79 Å². The second-order valence-corrected chi connectivity index (χ2v) is 2.39. The van der Waals surface area contributed by atoms with Crippen molar-refractivity contribution in [3.05, 3.63) is 30.3 Å². The molecule has 0 saturated carbocycles. The van der Waals surface area contributed by atoms with Gasteiger partial charge < -0.3 is 9.47 Å². The van der Waals surface area contributed by atoms with Gasteiger partial charge in [-0.2, -0.15) is 0 Å². The fourth-order valence-corrected chi connectivity index (χ4v) is 0.841. The van der Waals surface area contributed by atoms with Crippen molar-refractivity contribution in [2.75, 3.05) is 0 Å². The summed E-state index contributed by atoms with van der Waals surface area (Å²) >= 11 is 0. The van der Waals surface area contributed by atoms with Crippen LogP contribution in [0.2, 0.25) is 0 Å². The molecule has 80 valence electrons. The van der Waals surface area contributed by atoms with E-state index in [1.54, 1.807) is 18.2 Å². The first kappa shape index (κ1) is 11.0. The van der Waals surface area contributed by atoms with Crippen LogP contribution in [0.15, 0.2) is 30.3 Å². The standard InChI is InChI=1S/C9H7FO5/c10-15-8(12)9(13-6-11)14-7-4-2-1-3-5-7/h1-6,9H. The third kappa shape index (κ3) is 3.26. The van der Waals surface area contributed by atoms with E-state index < -0.39 is 12.3 Å². The van der Waals surface area contributed by atoms with Crippen LogP contribution in [-0.4, -0.2) is 18.7 Å². The lowest BCUT2D eigenvalue weighted by Crippen LogP contribution is -2.30. The molecule has 0 bridgehead atoms. The van der Waals surface area contributed by atoms with Gasteiger partial charge in [0.05, 0.1) is 0 Å². The van der Waals surface area contributed by atoms with Crippen LogP contribution < -0.4 is 4.74 Å². The summed E-state index contributed by atoms with van der Waals surface area (Å²) < 4.78 is 20.6. The van der Waals surface area contributed by atoms with Crippen molar-refractivity contribution in [3.63, 3.8) is 0 Å². The van der Waals surface area contributed by atoms with E-state index >= 15 is 0 Å². The Morgan fingerprint density at radius 1 is 1.33 bits per heavy atom. The molecule has 0 aromatic heterocycles. The molecule has 0 amide bonds. The molecule has 6 heteroatoms. The largest absolute Gasteiger partial charge is 0.445 e. The molecular formula is C9H7FO5. The molecule has 0 aliphatic heterocycles. The van der Waals surface area contributed by atoms with Crippen LogP contribution in [0.25, 0.3) is 0 Å². The van der Waals surface area contributed by atoms with E-state index in [1.807, 2.05) is 0 Å². The summed E-state index contributed by atoms with van der Waals surface area (Å²) in [5.41, 5.74) is 0. The first-order valence-electron chi connectivity index (χ1n) is 3.91. The van der Waals surface area contributed by atoms with E-state index in [9.17, 15) is 14.1 Å². The predicted octanol–water partition coefficient (Wildman–Crippen LogP) is 0.992. The van der Waals surface area contributed by atoms with E-state index in [-0.39, 0.29) is 12.2 Å². The summed E-state index contributed by atoms with van der Waals surface area (Å²) in [6.07, 6.45) is -1.74. The van der Waals surface area contributed by atoms with Gasteiger partial charge >= 0.3 is 12.3 Å². The van der Waals surface area contributed by atoms with Crippen molar-refractivity contribution < 1.29 is 28.5 Å². The van der Waals surface area contributed by atoms with Gasteiger partial charge in [-0.25, -0.2) is 9.74 Å². The summed E-state index contributed by atoms with van der Waals surface area (Å²) in [6.45, 7) is -0.0372. The summed E-state index contributed by atoms with van der Waals surface area (Å²) in [7, 11) is 0. The van der Waals surface area contributed by atoms with Crippen LogP contribution in [0, 0.1) is 0 Å². The SMILES string of the molecule is O=COC(Oc1ccccc1)C(=O)OF. The average molecular weight is 214 g/mol. The second kappa shape index (κ2) is 5.58. The van der Waals surface area contributed by atoms with E-state index in [0.29, 0.717) is 0 Å². The maximum Gasteiger partial charge on any atom is 0.429 e. The zero-order valence-electron chi connectivity index (χ0n) is 7.46. The van der Waals surface area contributed by atoms with Crippen LogP contribution in [0.1, 0.15) is 0 Å². The molecular weight excluding hydrogens is 207 g/mol. The van der Waals surface area contributed by atoms with Gasteiger partial charge in [0.2, 0.25) is 0 Å². The Bertz CT molecular complexity index is 327. The highest BCUT2D eigenvalue weighted by Crippen LogP contribution is 2.11. The third-order valence-electron chi connectivity index (χ3n) is 1.43. The molecule has 5 nitrogen and oxygen atoms in total. The molecule has 0 aliphatic carbocycles. The molecule has 1 aromatic rings. The summed E-state index contributed by atoms with van der Waals surface area (Å²) in [5.74, 6) is -1.19. The Balaban J connectivity index is 2.66. The molecule has 0 N–H and O–H groups in total. The monoisotopic (exact) mass is 214 g/mol. The van der Waals surface area contributed by atoms with Crippen molar-refractivity contribution in [1.82, 2.24) is 0 Å². The van der Waals surface area contributed by atoms with Crippen LogP contribution in [0.4, 0.5) is 4.53 Å². The fourth-order valence-electron chi connectivity index (χ4n) is 0.841. The molecule has 0 saturated heterocycles. The highest BCUT2D eigenvalue weighted by Gasteiger charge is 2.24. The molecule has 0 radical (unpaired) electrons. The molecule has 1 unspecified atom stereocenters. The number of hydrogen-bond donors (Lipinski definition) is 0. The zero-order chi connectivity index (χ0) is 11.1. The summed E-state index contributed by atoms with van der Waals surface area (Å²) in [4.78, 5) is 23.6. The van der Waals surface area contributed by atoms with E-state index in [2.05, 4.69) is 9.68 Å². The van der Waals surface area contributed by atoms with Crippen molar-refractivity contribution >= 4 is 12.4 Å². The van der Waals surface area contributed by atoms with Gasteiger partial charge in [-0.05, 0) is 12.1 Å². The number of ether oxygens (including phenoxy) is 2. The molecule has 0 fully saturated rings. The number of halogens is 1. The lowest BCUT2D eigenvalue weighted by Gasteiger charge is -2.12. The number of benzene rings is 1. The molecule has 1 atom stereocenters. The minimum atomic E-state index is -1.74. The quantitative estimate of drug-likeness (QED) is 0.540. The Labute approximate surface area is 84.3 Å². The number of carbonyl (C=O) groups excluding carboxylic acids is 2. The summed E-state index contributed by atoms with van der Waals surface area (Å²) in [5, 5.41) is 0. The Hall–Kier alpha value is -2.11. The highest BCUT2D eigenvalue weighted by atomic mass is 19.3. The molecule has 0 spiro atoms. The maximum absolute atomic E-state index is 11.5. The lowest BCUT2D eigenvalue weighted by atomic mass is 10.3. The molecule has 0 aliphatic rings. The Morgan fingerprint density at radius 2 is 2.00 bits per heavy atom. The third-order valence-corrected chi connectivity index (χ3v) is 1.43. The topological polar surface area (TPSA) is 61.8 Å². The molecule has 1 aromatic carbocycles. The fraction of sp³-hybridized carbons (Fsp3) is 0.111. The first-order valence-corrected chi connectivity index (χ1v) is 3.91. The zero-order valence-corrected chi connectivity index (χ0v) is 7.46. The normalized spacial score (nSPS) is 11.3. The van der Waals surface area contributed by atoms with Crippen molar-refractivity contribution in [2.24, 2.45) is 0 Å². The van der Waals surface area contributed by atoms with Crippen LogP contribution in [-0.2, 0) is 19.3 Å². The Morgan fingerprint density at radius 3 is 2.53 bits per heavy atom. The van der Waals surface area contributed by atoms with Crippen LogP contribution >= 0.6 is 0 Å². The average Bonchev–Trinajstić information content (AvgIpc) is 2.29. The minimum Gasteiger partial charge on any atom is -0.445 e. The first-order chi connectivity index (χ1) is 7.27. The van der Waals surface area contributed by atoms with Crippen molar-refractivity contribution in [1.29, 1.82) is 0 Å². The van der Waals surface area contributed by atoms with Crippen LogP contribution in [0.5, 0.6) is 5.75 Å². The van der Waals surface area contributed by atoms with Gasteiger partial charge in [0.25, 0.3) is 6.47 Å². The lowest BCUT2D eigenvalue weighted by molar-refractivity contribution is -0.212. The molecule has 0 heterocycles. The summed E-state index contributed by atoms with van der Waals surface area (Å²) in [6, 6.07) is 8.00. The minimum absolute atomic E-state index is 0.0372. The van der Waals surface area contributed by atoms with E-state index in [0.717, 1.165) is 0 Å². The number of carbonyl (C=O) groups is 2. The number of hydrogen-bond acceptors (Lipinski definition) is 5. The smallest absolute Gasteiger partial charge is 0.429 e. The van der Waals surface area contributed by atoms with Crippen molar-refractivity contribution in [2.45, 2.75) is 6.29 Å². The molecule has 15 heavy (non-hydrogen) atoms. The Kier molecular flexibility index (Phi) is 4.08. The maximum atomic E-state index is 11.5. The second-order valence-electron chi connectivity index (χ2n) is 2.39. The number of para-hydroxylation sites is 1. The predicted molar refractivity (Wildman–Crippen MR) is 45.2 cm³/mol. The van der Waals surface area contributed by atoms with E-state index in [1.165, 1.54) is 12.1 Å². The van der Waals surface area contributed by atoms with Gasteiger partial charge in [-0.15, -0.1) is 0 Å². The van der Waals surface area contributed by atoms with Gasteiger partial charge in [-0.1, -0.05) is 18.2 Å². The molecule has 1 rings (SSSR count). The van der Waals surface area contributed by atoms with Gasteiger partial charge in [0, 0.05) is 4.53 Å². The van der Waals surface area contributed by atoms with Gasteiger partial charge in [0.15, 0.2) is 0 Å². The highest BCUT2D eigenvalue weighted by molar-refractivity contribution is 5.74.